The molecular weight excluding hydrogens is 238 g/mol. The topological polar surface area (TPSA) is 50.1 Å². The first-order valence-corrected chi connectivity index (χ1v) is 6.05. The third kappa shape index (κ3) is 1.98. The lowest BCUT2D eigenvalue weighted by atomic mass is 9.98. The first kappa shape index (κ1) is 11.5. The standard InChI is InChI=1S/C16H11NO2/c17-8-7-11-5-6-14-15(9-11)19-10-12-3-1-2-4-13(12)16(14)18/h1-6,9H,7,10H2. The second-order valence-electron chi connectivity index (χ2n) is 4.44. The molecule has 0 fully saturated rings. The van der Waals surface area contributed by atoms with E-state index in [1.807, 2.05) is 24.3 Å². The van der Waals surface area contributed by atoms with Crippen LogP contribution in [0, 0.1) is 11.3 Å². The van der Waals surface area contributed by atoms with Crippen molar-refractivity contribution >= 4 is 5.78 Å². The second kappa shape index (κ2) is 4.58. The summed E-state index contributed by atoms with van der Waals surface area (Å²) in [5.74, 6) is 0.542. The normalized spacial score (nSPS) is 12.7. The lowest BCUT2D eigenvalue weighted by molar-refractivity contribution is 0.103. The number of hydrogen-bond donors (Lipinski definition) is 0. The zero-order chi connectivity index (χ0) is 13.2. The van der Waals surface area contributed by atoms with E-state index in [1.54, 1.807) is 18.2 Å². The van der Waals surface area contributed by atoms with Gasteiger partial charge < -0.3 is 4.74 Å². The Morgan fingerprint density at radius 1 is 1.16 bits per heavy atom. The zero-order valence-electron chi connectivity index (χ0n) is 10.2. The van der Waals surface area contributed by atoms with Gasteiger partial charge in [-0.15, -0.1) is 0 Å². The summed E-state index contributed by atoms with van der Waals surface area (Å²) in [6, 6.07) is 14.9. The van der Waals surface area contributed by atoms with E-state index < -0.39 is 0 Å². The minimum atomic E-state index is -0.0217. The highest BCUT2D eigenvalue weighted by atomic mass is 16.5. The van der Waals surface area contributed by atoms with E-state index in [-0.39, 0.29) is 5.78 Å². The fraction of sp³-hybridized carbons (Fsp3) is 0.125. The predicted molar refractivity (Wildman–Crippen MR) is 70.0 cm³/mol. The molecule has 19 heavy (non-hydrogen) atoms. The highest BCUT2D eigenvalue weighted by Gasteiger charge is 2.21. The number of nitriles is 1. The first-order valence-electron chi connectivity index (χ1n) is 6.05. The maximum atomic E-state index is 12.5. The van der Waals surface area contributed by atoms with E-state index in [4.69, 9.17) is 10.00 Å². The molecule has 1 heterocycles. The van der Waals surface area contributed by atoms with Gasteiger partial charge in [-0.1, -0.05) is 30.3 Å². The van der Waals surface area contributed by atoms with Crippen molar-refractivity contribution in [3.8, 4) is 11.8 Å². The summed E-state index contributed by atoms with van der Waals surface area (Å²) in [5, 5.41) is 8.72. The molecule has 0 saturated heterocycles. The van der Waals surface area contributed by atoms with Crippen LogP contribution in [0.3, 0.4) is 0 Å². The van der Waals surface area contributed by atoms with Gasteiger partial charge in [0.1, 0.15) is 12.4 Å². The van der Waals surface area contributed by atoms with Crippen molar-refractivity contribution in [2.45, 2.75) is 13.0 Å². The molecule has 0 aromatic heterocycles. The number of benzene rings is 2. The maximum Gasteiger partial charge on any atom is 0.197 e. The summed E-state index contributed by atoms with van der Waals surface area (Å²) >= 11 is 0. The monoisotopic (exact) mass is 249 g/mol. The van der Waals surface area contributed by atoms with Crippen molar-refractivity contribution in [3.63, 3.8) is 0 Å². The van der Waals surface area contributed by atoms with Crippen LogP contribution in [-0.2, 0) is 13.0 Å². The first-order chi connectivity index (χ1) is 9.29. The number of carbonyl (C=O) groups is 1. The van der Waals surface area contributed by atoms with E-state index in [2.05, 4.69) is 6.07 Å². The molecule has 0 amide bonds. The Bertz CT molecular complexity index is 698. The van der Waals surface area contributed by atoms with Gasteiger partial charge in [0.25, 0.3) is 0 Å². The molecule has 1 aliphatic heterocycles. The summed E-state index contributed by atoms with van der Waals surface area (Å²) in [4.78, 5) is 12.5. The summed E-state index contributed by atoms with van der Waals surface area (Å²) in [6.07, 6.45) is 0.317. The van der Waals surface area contributed by atoms with E-state index in [9.17, 15) is 4.79 Å². The highest BCUT2D eigenvalue weighted by molar-refractivity contribution is 6.12. The van der Waals surface area contributed by atoms with E-state index in [0.717, 1.165) is 11.1 Å². The fourth-order valence-electron chi connectivity index (χ4n) is 2.24. The summed E-state index contributed by atoms with van der Waals surface area (Å²) in [5.41, 5.74) is 3.01. The molecule has 3 nitrogen and oxygen atoms in total. The second-order valence-corrected chi connectivity index (χ2v) is 4.44. The molecule has 3 rings (SSSR count). The minimum absolute atomic E-state index is 0.0217. The predicted octanol–water partition coefficient (Wildman–Crippen LogP) is 2.88. The number of carbonyl (C=O) groups excluding carboxylic acids is 1. The molecule has 1 aliphatic rings. The Balaban J connectivity index is 2.10. The van der Waals surface area contributed by atoms with Crippen LogP contribution in [0.15, 0.2) is 42.5 Å². The number of nitrogens with zero attached hydrogens (tertiary/aromatic N) is 1. The quantitative estimate of drug-likeness (QED) is 0.780. The number of ketones is 1. The Labute approximate surface area is 111 Å². The molecule has 3 heteroatoms. The van der Waals surface area contributed by atoms with Crippen molar-refractivity contribution in [2.24, 2.45) is 0 Å². The molecule has 0 aliphatic carbocycles. The Hall–Kier alpha value is -2.60. The highest BCUT2D eigenvalue weighted by Crippen LogP contribution is 2.29. The molecule has 0 bridgehead atoms. The maximum absolute atomic E-state index is 12.5. The minimum Gasteiger partial charge on any atom is -0.488 e. The van der Waals surface area contributed by atoms with Gasteiger partial charge in [-0.05, 0) is 17.7 Å². The van der Waals surface area contributed by atoms with Gasteiger partial charge in [-0.2, -0.15) is 5.26 Å². The lowest BCUT2D eigenvalue weighted by Gasteiger charge is -2.07. The Morgan fingerprint density at radius 3 is 2.84 bits per heavy atom. The van der Waals surface area contributed by atoms with E-state index >= 15 is 0 Å². The van der Waals surface area contributed by atoms with Gasteiger partial charge in [-0.25, -0.2) is 0 Å². The van der Waals surface area contributed by atoms with Crippen LogP contribution in [0.1, 0.15) is 27.0 Å². The summed E-state index contributed by atoms with van der Waals surface area (Å²) in [7, 11) is 0. The molecule has 2 aromatic rings. The number of fused-ring (bicyclic) bond motifs is 2. The van der Waals surface area contributed by atoms with Crippen LogP contribution in [0.25, 0.3) is 0 Å². The van der Waals surface area contributed by atoms with Crippen molar-refractivity contribution < 1.29 is 9.53 Å². The van der Waals surface area contributed by atoms with Crippen LogP contribution < -0.4 is 4.74 Å². The molecule has 0 radical (unpaired) electrons. The van der Waals surface area contributed by atoms with Gasteiger partial charge in [0.15, 0.2) is 5.78 Å². The SMILES string of the molecule is N#CCc1ccc2c(c1)OCc1ccccc1C2=O. The van der Waals surface area contributed by atoms with Gasteiger partial charge in [-0.3, -0.25) is 4.79 Å². The number of ether oxygens (including phenoxy) is 1. The third-order valence-corrected chi connectivity index (χ3v) is 3.22. The fourth-order valence-corrected chi connectivity index (χ4v) is 2.24. The van der Waals surface area contributed by atoms with E-state index in [0.29, 0.717) is 29.9 Å². The lowest BCUT2D eigenvalue weighted by Crippen LogP contribution is -2.02. The van der Waals surface area contributed by atoms with Crippen LogP contribution in [0.5, 0.6) is 5.75 Å². The molecule has 0 unspecified atom stereocenters. The number of hydrogen-bond acceptors (Lipinski definition) is 3. The van der Waals surface area contributed by atoms with Gasteiger partial charge in [0, 0.05) is 11.1 Å². The molecule has 0 atom stereocenters. The van der Waals surface area contributed by atoms with Crippen LogP contribution >= 0.6 is 0 Å². The molecule has 0 N–H and O–H groups in total. The molecule has 2 aromatic carbocycles. The zero-order valence-corrected chi connectivity index (χ0v) is 10.2. The van der Waals surface area contributed by atoms with E-state index in [1.165, 1.54) is 0 Å². The summed E-state index contributed by atoms with van der Waals surface area (Å²) in [6.45, 7) is 0.380. The van der Waals surface area contributed by atoms with Crippen LogP contribution in [0.2, 0.25) is 0 Å². The van der Waals surface area contributed by atoms with Crippen molar-refractivity contribution in [1.29, 1.82) is 5.26 Å². The summed E-state index contributed by atoms with van der Waals surface area (Å²) < 4.78 is 5.70. The van der Waals surface area contributed by atoms with Gasteiger partial charge in [0.05, 0.1) is 18.1 Å². The largest absolute Gasteiger partial charge is 0.488 e. The smallest absolute Gasteiger partial charge is 0.197 e. The molecule has 0 saturated carbocycles. The molecule has 0 spiro atoms. The van der Waals surface area contributed by atoms with Gasteiger partial charge in [0.2, 0.25) is 0 Å². The average Bonchev–Trinajstić information content (AvgIpc) is 2.58. The van der Waals surface area contributed by atoms with Crippen molar-refractivity contribution in [1.82, 2.24) is 0 Å². The van der Waals surface area contributed by atoms with Crippen LogP contribution in [0.4, 0.5) is 0 Å². The van der Waals surface area contributed by atoms with Crippen LogP contribution in [-0.4, -0.2) is 5.78 Å². The van der Waals surface area contributed by atoms with Gasteiger partial charge >= 0.3 is 0 Å². The van der Waals surface area contributed by atoms with Crippen molar-refractivity contribution in [2.75, 3.05) is 0 Å². The average molecular weight is 249 g/mol. The molecular formula is C16H11NO2. The third-order valence-electron chi connectivity index (χ3n) is 3.22. The molecule has 92 valence electrons. The Morgan fingerprint density at radius 2 is 2.00 bits per heavy atom. The van der Waals surface area contributed by atoms with Crippen molar-refractivity contribution in [3.05, 3.63) is 64.7 Å². The number of rotatable bonds is 1. The Kier molecular flexibility index (Phi) is 2.77.